The van der Waals surface area contributed by atoms with Gasteiger partial charge in [-0.2, -0.15) is 0 Å². The number of furan rings is 1. The van der Waals surface area contributed by atoms with E-state index in [4.69, 9.17) is 4.42 Å². The Labute approximate surface area is 136 Å². The molecule has 7 heteroatoms. The minimum absolute atomic E-state index is 0.210. The Balaban J connectivity index is 2.18. The lowest BCUT2D eigenvalue weighted by Gasteiger charge is -2.28. The van der Waals surface area contributed by atoms with Crippen molar-refractivity contribution in [3.63, 3.8) is 0 Å². The molecular weight excluding hydrogens is 316 g/mol. The first-order valence-electron chi connectivity index (χ1n) is 7.15. The van der Waals surface area contributed by atoms with Crippen LogP contribution in [0.5, 0.6) is 0 Å². The van der Waals surface area contributed by atoms with Gasteiger partial charge in [-0.1, -0.05) is 17.7 Å². The molecule has 23 heavy (non-hydrogen) atoms. The summed E-state index contributed by atoms with van der Waals surface area (Å²) < 4.78 is 30.5. The Hall–Kier alpha value is -2.28. The highest BCUT2D eigenvalue weighted by Crippen LogP contribution is 2.21. The quantitative estimate of drug-likeness (QED) is 0.876. The summed E-state index contributed by atoms with van der Waals surface area (Å²) in [6.45, 7) is 3.67. The van der Waals surface area contributed by atoms with Crippen molar-refractivity contribution in [2.75, 3.05) is 10.6 Å². The molecule has 124 valence electrons. The third-order valence-corrected chi connectivity index (χ3v) is 4.64. The number of anilines is 1. The zero-order chi connectivity index (χ0) is 17.0. The number of nitrogens with zero attached hydrogens (tertiary/aromatic N) is 1. The van der Waals surface area contributed by atoms with Gasteiger partial charge in [-0.25, -0.2) is 8.42 Å². The normalized spacial score (nSPS) is 12.7. The van der Waals surface area contributed by atoms with Crippen molar-refractivity contribution in [1.82, 2.24) is 5.32 Å². The predicted molar refractivity (Wildman–Crippen MR) is 88.5 cm³/mol. The second-order valence-electron chi connectivity index (χ2n) is 5.37. The fourth-order valence-electron chi connectivity index (χ4n) is 2.24. The molecule has 1 aromatic carbocycles. The van der Waals surface area contributed by atoms with Gasteiger partial charge in [-0.3, -0.25) is 9.10 Å². The summed E-state index contributed by atoms with van der Waals surface area (Å²) in [5.74, 6) is 0.208. The number of carbonyl (C=O) groups is 1. The first-order chi connectivity index (χ1) is 10.8. The molecule has 1 unspecified atom stereocenters. The van der Waals surface area contributed by atoms with Crippen LogP contribution in [-0.4, -0.2) is 26.6 Å². The third-order valence-electron chi connectivity index (χ3n) is 3.39. The van der Waals surface area contributed by atoms with Gasteiger partial charge < -0.3 is 9.73 Å². The molecule has 1 heterocycles. The van der Waals surface area contributed by atoms with Crippen molar-refractivity contribution in [3.05, 3.63) is 54.0 Å². The van der Waals surface area contributed by atoms with E-state index in [1.54, 1.807) is 43.3 Å². The molecular formula is C16H20N2O4S. The molecule has 1 atom stereocenters. The van der Waals surface area contributed by atoms with E-state index >= 15 is 0 Å². The zero-order valence-electron chi connectivity index (χ0n) is 13.3. The molecule has 0 radical (unpaired) electrons. The largest absolute Gasteiger partial charge is 0.467 e. The Morgan fingerprint density at radius 3 is 2.43 bits per heavy atom. The maximum Gasteiger partial charge on any atom is 0.243 e. The van der Waals surface area contributed by atoms with Crippen LogP contribution in [0.15, 0.2) is 47.1 Å². The van der Waals surface area contributed by atoms with Gasteiger partial charge in [-0.05, 0) is 38.1 Å². The van der Waals surface area contributed by atoms with Gasteiger partial charge in [0.05, 0.1) is 24.8 Å². The van der Waals surface area contributed by atoms with E-state index in [9.17, 15) is 13.2 Å². The summed E-state index contributed by atoms with van der Waals surface area (Å²) in [5, 5.41) is 2.68. The number of sulfonamides is 1. The molecule has 0 aliphatic rings. The van der Waals surface area contributed by atoms with Crippen LogP contribution in [0, 0.1) is 6.92 Å². The third kappa shape index (κ3) is 4.35. The van der Waals surface area contributed by atoms with Crippen LogP contribution >= 0.6 is 0 Å². The van der Waals surface area contributed by atoms with Crippen molar-refractivity contribution < 1.29 is 17.6 Å². The van der Waals surface area contributed by atoms with Crippen LogP contribution in [0.2, 0.25) is 0 Å². The molecule has 0 spiro atoms. The maximum atomic E-state index is 12.3. The Morgan fingerprint density at radius 2 is 1.91 bits per heavy atom. The number of rotatable bonds is 6. The SMILES string of the molecule is Cc1ccc(N(C(C)C(=O)NCc2ccco2)S(C)(=O)=O)cc1. The van der Waals surface area contributed by atoms with Gasteiger partial charge >= 0.3 is 0 Å². The van der Waals surface area contributed by atoms with E-state index in [1.807, 2.05) is 6.92 Å². The molecule has 1 amide bonds. The van der Waals surface area contributed by atoms with E-state index in [-0.39, 0.29) is 6.54 Å². The molecule has 0 saturated heterocycles. The Morgan fingerprint density at radius 1 is 1.26 bits per heavy atom. The van der Waals surface area contributed by atoms with E-state index in [0.29, 0.717) is 11.4 Å². The van der Waals surface area contributed by atoms with E-state index in [1.165, 1.54) is 6.26 Å². The van der Waals surface area contributed by atoms with Gasteiger partial charge in [0.15, 0.2) is 0 Å². The molecule has 6 nitrogen and oxygen atoms in total. The highest BCUT2D eigenvalue weighted by molar-refractivity contribution is 7.92. The number of amides is 1. The molecule has 1 aromatic heterocycles. The van der Waals surface area contributed by atoms with Crippen LogP contribution < -0.4 is 9.62 Å². The fourth-order valence-corrected chi connectivity index (χ4v) is 3.41. The molecule has 0 bridgehead atoms. The summed E-state index contributed by atoms with van der Waals surface area (Å²) in [4.78, 5) is 12.3. The summed E-state index contributed by atoms with van der Waals surface area (Å²) in [7, 11) is -3.60. The predicted octanol–water partition coefficient (Wildman–Crippen LogP) is 2.06. The molecule has 0 aliphatic carbocycles. The van der Waals surface area contributed by atoms with Crippen molar-refractivity contribution >= 4 is 21.6 Å². The smallest absolute Gasteiger partial charge is 0.243 e. The molecule has 0 saturated carbocycles. The topological polar surface area (TPSA) is 79.6 Å². The van der Waals surface area contributed by atoms with Crippen molar-refractivity contribution in [2.45, 2.75) is 26.4 Å². The summed E-state index contributed by atoms with van der Waals surface area (Å²) in [5.41, 5.74) is 1.47. The lowest BCUT2D eigenvalue weighted by molar-refractivity contribution is -0.122. The number of benzene rings is 1. The number of nitrogens with one attached hydrogen (secondary N) is 1. The molecule has 0 fully saturated rings. The highest BCUT2D eigenvalue weighted by atomic mass is 32.2. The van der Waals surface area contributed by atoms with Gasteiger partial charge in [0.1, 0.15) is 11.8 Å². The lowest BCUT2D eigenvalue weighted by atomic mass is 10.2. The highest BCUT2D eigenvalue weighted by Gasteiger charge is 2.28. The standard InChI is InChI=1S/C16H20N2O4S/c1-12-6-8-14(9-7-12)18(23(3,20)21)13(2)16(19)17-11-15-5-4-10-22-15/h4-10,13H,11H2,1-3H3,(H,17,19). The second-order valence-corrected chi connectivity index (χ2v) is 7.23. The zero-order valence-corrected chi connectivity index (χ0v) is 14.1. The average Bonchev–Trinajstić information content (AvgIpc) is 2.99. The van der Waals surface area contributed by atoms with Gasteiger partial charge in [0, 0.05) is 0 Å². The lowest BCUT2D eigenvalue weighted by Crippen LogP contribution is -2.47. The van der Waals surface area contributed by atoms with Gasteiger partial charge in [-0.15, -0.1) is 0 Å². The average molecular weight is 336 g/mol. The van der Waals surface area contributed by atoms with Crippen LogP contribution in [0.1, 0.15) is 18.2 Å². The van der Waals surface area contributed by atoms with Crippen LogP contribution in [0.4, 0.5) is 5.69 Å². The second kappa shape index (κ2) is 6.87. The number of hydrogen-bond acceptors (Lipinski definition) is 4. The Kier molecular flexibility index (Phi) is 5.10. The fraction of sp³-hybridized carbons (Fsp3) is 0.312. The molecule has 0 aliphatic heterocycles. The Bertz CT molecular complexity index is 752. The first-order valence-corrected chi connectivity index (χ1v) is 9.00. The minimum atomic E-state index is -3.60. The number of carbonyl (C=O) groups excluding carboxylic acids is 1. The molecule has 2 aromatic rings. The summed E-state index contributed by atoms with van der Waals surface area (Å²) in [6, 6.07) is 9.57. The van der Waals surface area contributed by atoms with Crippen LogP contribution in [-0.2, 0) is 21.4 Å². The van der Waals surface area contributed by atoms with Crippen LogP contribution in [0.25, 0.3) is 0 Å². The minimum Gasteiger partial charge on any atom is -0.467 e. The number of hydrogen-bond donors (Lipinski definition) is 1. The van der Waals surface area contributed by atoms with Gasteiger partial charge in [0.2, 0.25) is 15.9 Å². The monoisotopic (exact) mass is 336 g/mol. The van der Waals surface area contributed by atoms with E-state index in [2.05, 4.69) is 5.32 Å². The van der Waals surface area contributed by atoms with Crippen molar-refractivity contribution in [3.8, 4) is 0 Å². The number of aryl methyl sites for hydroxylation is 1. The summed E-state index contributed by atoms with van der Waals surface area (Å²) >= 11 is 0. The first kappa shape index (κ1) is 17.1. The summed E-state index contributed by atoms with van der Waals surface area (Å²) in [6.07, 6.45) is 2.60. The molecule has 2 rings (SSSR count). The molecule has 1 N–H and O–H groups in total. The van der Waals surface area contributed by atoms with Crippen LogP contribution in [0.3, 0.4) is 0 Å². The van der Waals surface area contributed by atoms with E-state index in [0.717, 1.165) is 16.1 Å². The van der Waals surface area contributed by atoms with Gasteiger partial charge in [0.25, 0.3) is 0 Å². The van der Waals surface area contributed by atoms with E-state index < -0.39 is 22.0 Å². The van der Waals surface area contributed by atoms with Crippen molar-refractivity contribution in [1.29, 1.82) is 0 Å². The van der Waals surface area contributed by atoms with Crippen molar-refractivity contribution in [2.24, 2.45) is 0 Å². The maximum absolute atomic E-state index is 12.3.